The molecule has 15 heteroatoms. The number of methoxy groups -OCH3 is 1. The van der Waals surface area contributed by atoms with Crippen molar-refractivity contribution in [3.63, 3.8) is 0 Å². The second-order valence-corrected chi connectivity index (χ2v) is 20.1. The molecule has 1 aromatic heterocycles. The predicted molar refractivity (Wildman–Crippen MR) is 299 cm³/mol. The van der Waals surface area contributed by atoms with Crippen molar-refractivity contribution in [2.24, 2.45) is 11.8 Å². The molecule has 0 saturated heterocycles. The smallest absolute Gasteiger partial charge is 0.330 e. The van der Waals surface area contributed by atoms with Crippen LogP contribution in [-0.2, 0) is 47.6 Å². The van der Waals surface area contributed by atoms with Crippen LogP contribution in [0.5, 0.6) is 17.2 Å². The second kappa shape index (κ2) is 34.1. The number of fused-ring (bicyclic) bond motifs is 3. The number of hydrogen-bond donors (Lipinski definition) is 0. The Morgan fingerprint density at radius 3 is 1.60 bits per heavy atom. The number of pyridine rings is 1. The van der Waals surface area contributed by atoms with Crippen LogP contribution >= 0.6 is 0 Å². The fourth-order valence-electron chi connectivity index (χ4n) is 9.89. The van der Waals surface area contributed by atoms with Crippen LogP contribution in [0.3, 0.4) is 0 Å². The zero-order valence-electron chi connectivity index (χ0n) is 45.9. The van der Waals surface area contributed by atoms with E-state index < -0.39 is 11.9 Å². The van der Waals surface area contributed by atoms with E-state index in [0.29, 0.717) is 108 Å². The van der Waals surface area contributed by atoms with Gasteiger partial charge in [0.2, 0.25) is 0 Å². The molecule has 0 bridgehead atoms. The maximum absolute atomic E-state index is 13.8. The minimum Gasteiger partial charge on any atom is -0.494 e. The molecule has 6 rings (SSSR count). The van der Waals surface area contributed by atoms with E-state index in [0.717, 1.165) is 124 Å². The number of benzene rings is 3. The molecule has 2 fully saturated rings. The van der Waals surface area contributed by atoms with Gasteiger partial charge in [-0.15, -0.1) is 0 Å². The summed E-state index contributed by atoms with van der Waals surface area (Å²) in [5, 5.41) is 2.52. The van der Waals surface area contributed by atoms with Crippen molar-refractivity contribution in [3.8, 4) is 17.2 Å². The number of nitrogens with zero attached hydrogens (tertiary/aromatic N) is 2. The fraction of sp³-hybridized carbons (Fsp3) is 0.565. The van der Waals surface area contributed by atoms with Gasteiger partial charge in [0.1, 0.15) is 23.1 Å². The minimum absolute atomic E-state index is 0.109. The molecule has 0 spiro atoms. The van der Waals surface area contributed by atoms with Gasteiger partial charge in [-0.05, 0) is 156 Å². The molecular weight excluding hydrogens is 981 g/mol. The highest BCUT2D eigenvalue weighted by molar-refractivity contribution is 6.11. The molecule has 0 aliphatic heterocycles. The van der Waals surface area contributed by atoms with Crippen LogP contribution in [0.15, 0.2) is 86.0 Å². The summed E-state index contributed by atoms with van der Waals surface area (Å²) < 4.78 is 52.2. The molecular formula is C62H84N2O13. The lowest BCUT2D eigenvalue weighted by Crippen LogP contribution is -2.29. The molecule has 4 aromatic rings. The summed E-state index contributed by atoms with van der Waals surface area (Å²) >= 11 is 0. The third kappa shape index (κ3) is 20.5. The van der Waals surface area contributed by atoms with Crippen molar-refractivity contribution >= 4 is 57.1 Å². The lowest BCUT2D eigenvalue weighted by Gasteiger charge is -2.28. The average molecular weight is 1070 g/mol. The molecule has 0 amide bonds. The van der Waals surface area contributed by atoms with Crippen molar-refractivity contribution in [1.29, 1.82) is 0 Å². The molecule has 1 heterocycles. The lowest BCUT2D eigenvalue weighted by molar-refractivity contribution is -0.142. The number of rotatable bonds is 36. The molecule has 2 saturated carbocycles. The maximum atomic E-state index is 13.8. The first-order valence-electron chi connectivity index (χ1n) is 28.4. The van der Waals surface area contributed by atoms with Gasteiger partial charge >= 0.3 is 23.9 Å². The standard InChI is InChI=1S/C62H84N2O13/c1-5-8-9-14-36-73-51-29-23-48(24-30-51)64(35-41-70-43-42-69-4)60-56-44-52(76-61(67)46-19-25-49(26-20-46)71-37-15-10-12-17-39-74-58(65)6-2)31-33-54(56)55-34-32-53(45-57(55)63-60)77-62(68)47-21-27-50(28-22-47)72-38-16-11-13-18-40-75-59(66)7-3/h6-7,23-24,29-34,44-47,49-50H,2-3,5,8-22,25-28,35-43H2,1,4H3. The van der Waals surface area contributed by atoms with Gasteiger partial charge in [0.15, 0.2) is 0 Å². The van der Waals surface area contributed by atoms with Crippen molar-refractivity contribution < 1.29 is 61.8 Å². The first kappa shape index (κ1) is 60.4. The molecule has 3 aromatic carbocycles. The number of esters is 4. The Kier molecular flexibility index (Phi) is 26.7. The zero-order chi connectivity index (χ0) is 54.5. The molecule has 0 atom stereocenters. The Balaban J connectivity index is 1.14. The quantitative estimate of drug-likeness (QED) is 0.0139. The normalized spacial score (nSPS) is 17.4. The predicted octanol–water partition coefficient (Wildman–Crippen LogP) is 12.7. The van der Waals surface area contributed by atoms with Crippen LogP contribution in [0.1, 0.15) is 135 Å². The van der Waals surface area contributed by atoms with Crippen molar-refractivity contribution in [2.75, 3.05) is 71.4 Å². The lowest BCUT2D eigenvalue weighted by atomic mass is 9.87. The number of unbranched alkanes of at least 4 members (excludes halogenated alkanes) is 9. The van der Waals surface area contributed by atoms with Crippen LogP contribution < -0.4 is 19.1 Å². The highest BCUT2D eigenvalue weighted by atomic mass is 16.5. The fourth-order valence-corrected chi connectivity index (χ4v) is 9.89. The van der Waals surface area contributed by atoms with Crippen molar-refractivity contribution in [2.45, 2.75) is 148 Å². The number of ether oxygens (including phenoxy) is 9. The summed E-state index contributed by atoms with van der Waals surface area (Å²) in [5.41, 5.74) is 1.51. The van der Waals surface area contributed by atoms with E-state index in [2.05, 4.69) is 25.0 Å². The Morgan fingerprint density at radius 1 is 0.545 bits per heavy atom. The summed E-state index contributed by atoms with van der Waals surface area (Å²) in [6.07, 6.45) is 20.3. The first-order valence-corrected chi connectivity index (χ1v) is 28.4. The summed E-state index contributed by atoms with van der Waals surface area (Å²) in [5.74, 6) is 0.472. The summed E-state index contributed by atoms with van der Waals surface area (Å²) in [4.78, 5) is 57.5. The highest BCUT2D eigenvalue weighted by Gasteiger charge is 2.30. The van der Waals surface area contributed by atoms with Crippen molar-refractivity contribution in [3.05, 3.63) is 86.0 Å². The van der Waals surface area contributed by atoms with Gasteiger partial charge in [0.25, 0.3) is 0 Å². The Morgan fingerprint density at radius 2 is 1.05 bits per heavy atom. The van der Waals surface area contributed by atoms with Gasteiger partial charge in [0, 0.05) is 61.5 Å². The highest BCUT2D eigenvalue weighted by Crippen LogP contribution is 2.39. The van der Waals surface area contributed by atoms with E-state index in [4.69, 9.17) is 47.6 Å². The third-order valence-corrected chi connectivity index (χ3v) is 14.3. The van der Waals surface area contributed by atoms with E-state index in [-0.39, 0.29) is 36.0 Å². The Labute approximate surface area is 456 Å². The molecule has 2 aliphatic rings. The molecule has 0 unspecified atom stereocenters. The van der Waals surface area contributed by atoms with Crippen LogP contribution in [0.4, 0.5) is 11.5 Å². The molecule has 0 N–H and O–H groups in total. The van der Waals surface area contributed by atoms with Gasteiger partial charge in [-0.25, -0.2) is 14.6 Å². The summed E-state index contributed by atoms with van der Waals surface area (Å²) in [7, 11) is 1.65. The van der Waals surface area contributed by atoms with E-state index in [9.17, 15) is 19.2 Å². The monoisotopic (exact) mass is 1060 g/mol. The number of anilines is 2. The van der Waals surface area contributed by atoms with Crippen molar-refractivity contribution in [1.82, 2.24) is 4.98 Å². The van der Waals surface area contributed by atoms with E-state index in [1.165, 1.54) is 18.6 Å². The van der Waals surface area contributed by atoms with Crippen LogP contribution in [0.25, 0.3) is 21.7 Å². The molecule has 15 nitrogen and oxygen atoms in total. The van der Waals surface area contributed by atoms with Gasteiger partial charge in [0.05, 0.1) is 69.2 Å². The van der Waals surface area contributed by atoms with Crippen LogP contribution in [0.2, 0.25) is 0 Å². The first-order chi connectivity index (χ1) is 37.7. The van der Waals surface area contributed by atoms with Gasteiger partial charge in [-0.1, -0.05) is 52.2 Å². The van der Waals surface area contributed by atoms with E-state index in [1.807, 2.05) is 60.7 Å². The van der Waals surface area contributed by atoms with Crippen LogP contribution in [-0.4, -0.2) is 108 Å². The van der Waals surface area contributed by atoms with E-state index >= 15 is 0 Å². The van der Waals surface area contributed by atoms with Gasteiger partial charge in [-0.3, -0.25) is 9.59 Å². The third-order valence-electron chi connectivity index (χ3n) is 14.3. The number of hydrogen-bond acceptors (Lipinski definition) is 15. The average Bonchev–Trinajstić information content (AvgIpc) is 3.48. The number of carbonyl (C=O) groups excluding carboxylic acids is 4. The number of aromatic nitrogens is 1. The summed E-state index contributed by atoms with van der Waals surface area (Å²) in [6, 6.07) is 19.3. The molecule has 420 valence electrons. The minimum atomic E-state index is -0.391. The van der Waals surface area contributed by atoms with Crippen LogP contribution in [0, 0.1) is 11.8 Å². The SMILES string of the molecule is C=CC(=O)OCCCCCCOC1CCC(C(=O)Oc2ccc3c(c2)nc(N(CCOCCOC)c2ccc(OCCCCCC)cc2)c2cc(OC(=O)C4CCC(OCCCCCCOC(=O)C=C)CC4)ccc23)CC1. The van der Waals surface area contributed by atoms with Gasteiger partial charge in [-0.2, -0.15) is 0 Å². The van der Waals surface area contributed by atoms with Gasteiger partial charge < -0.3 is 47.5 Å². The summed E-state index contributed by atoms with van der Waals surface area (Å²) in [6.45, 7) is 13.5. The second-order valence-electron chi connectivity index (χ2n) is 20.1. The molecule has 2 aliphatic carbocycles. The molecule has 0 radical (unpaired) electrons. The number of carbonyl (C=O) groups is 4. The maximum Gasteiger partial charge on any atom is 0.330 e. The topological polar surface area (TPSA) is 167 Å². The zero-order valence-corrected chi connectivity index (χ0v) is 45.9. The Bertz CT molecular complexity index is 2450. The van der Waals surface area contributed by atoms with E-state index in [1.54, 1.807) is 7.11 Å². The Hall–Kier alpha value is -5.87. The molecule has 77 heavy (non-hydrogen) atoms. The largest absolute Gasteiger partial charge is 0.494 e.